The van der Waals surface area contributed by atoms with Crippen LogP contribution in [0.1, 0.15) is 9.67 Å². The fourth-order valence-electron chi connectivity index (χ4n) is 2.51. The second kappa shape index (κ2) is 4.43. The van der Waals surface area contributed by atoms with Crippen LogP contribution >= 0.6 is 11.3 Å². The molecule has 3 aromatic heterocycles. The van der Waals surface area contributed by atoms with Gasteiger partial charge in [0, 0.05) is 22.5 Å². The van der Waals surface area contributed by atoms with E-state index in [1.54, 1.807) is 16.8 Å². The number of benzene rings is 1. The number of hydrogen-bond donors (Lipinski definition) is 1. The third kappa shape index (κ3) is 1.90. The molecule has 0 aliphatic heterocycles. The molecule has 0 aliphatic carbocycles. The second-order valence-electron chi connectivity index (χ2n) is 4.75. The van der Waals surface area contributed by atoms with Crippen LogP contribution < -0.4 is 0 Å². The standard InChI is InChI=1S/C16H10N2O2S/c19-16(20)15-9-13-12(2-1-3-14(13)21-15)10-5-7-18-11(8-10)4-6-17-18/h1-9H,(H,19,20). The predicted molar refractivity (Wildman–Crippen MR) is 83.0 cm³/mol. The Kier molecular flexibility index (Phi) is 2.55. The molecule has 4 rings (SSSR count). The van der Waals surface area contributed by atoms with E-state index in [1.165, 1.54) is 11.3 Å². The first kappa shape index (κ1) is 12.1. The van der Waals surface area contributed by atoms with E-state index in [0.29, 0.717) is 4.88 Å². The Balaban J connectivity index is 1.98. The lowest BCUT2D eigenvalue weighted by Crippen LogP contribution is -1.89. The molecule has 5 heteroatoms. The van der Waals surface area contributed by atoms with Crippen molar-refractivity contribution in [2.75, 3.05) is 0 Å². The zero-order valence-electron chi connectivity index (χ0n) is 10.9. The molecule has 3 heterocycles. The average molecular weight is 294 g/mol. The van der Waals surface area contributed by atoms with E-state index in [0.717, 1.165) is 26.7 Å². The minimum absolute atomic E-state index is 0.364. The van der Waals surface area contributed by atoms with Gasteiger partial charge in [-0.1, -0.05) is 12.1 Å². The van der Waals surface area contributed by atoms with Crippen molar-refractivity contribution in [3.8, 4) is 11.1 Å². The molecule has 0 aliphatic rings. The lowest BCUT2D eigenvalue weighted by molar-refractivity contribution is 0.0702. The minimum atomic E-state index is -0.881. The van der Waals surface area contributed by atoms with Crippen molar-refractivity contribution in [2.24, 2.45) is 0 Å². The van der Waals surface area contributed by atoms with Crippen LogP contribution in [-0.2, 0) is 0 Å². The summed E-state index contributed by atoms with van der Waals surface area (Å²) in [4.78, 5) is 11.5. The van der Waals surface area contributed by atoms with Crippen molar-refractivity contribution in [1.82, 2.24) is 9.61 Å². The Labute approximate surface area is 123 Å². The number of nitrogens with zero attached hydrogens (tertiary/aromatic N) is 2. The molecular weight excluding hydrogens is 284 g/mol. The number of fused-ring (bicyclic) bond motifs is 2. The first-order valence-corrected chi connectivity index (χ1v) is 7.24. The Hall–Kier alpha value is -2.66. The van der Waals surface area contributed by atoms with Crippen LogP contribution in [0.2, 0.25) is 0 Å². The van der Waals surface area contributed by atoms with Gasteiger partial charge in [0.25, 0.3) is 0 Å². The van der Waals surface area contributed by atoms with Crippen LogP contribution in [-0.4, -0.2) is 20.7 Å². The number of pyridine rings is 1. The summed E-state index contributed by atoms with van der Waals surface area (Å²) in [6.45, 7) is 0. The van der Waals surface area contributed by atoms with E-state index in [1.807, 2.05) is 36.5 Å². The molecule has 0 saturated carbocycles. The minimum Gasteiger partial charge on any atom is -0.477 e. The van der Waals surface area contributed by atoms with Gasteiger partial charge >= 0.3 is 5.97 Å². The molecule has 0 saturated heterocycles. The van der Waals surface area contributed by atoms with E-state index in [4.69, 9.17) is 5.11 Å². The Bertz CT molecular complexity index is 984. The van der Waals surface area contributed by atoms with Gasteiger partial charge in [-0.15, -0.1) is 11.3 Å². The Morgan fingerprint density at radius 3 is 2.95 bits per heavy atom. The summed E-state index contributed by atoms with van der Waals surface area (Å²) in [6, 6.07) is 13.7. The van der Waals surface area contributed by atoms with Crippen molar-refractivity contribution in [3.05, 3.63) is 59.7 Å². The van der Waals surface area contributed by atoms with E-state index >= 15 is 0 Å². The predicted octanol–water partition coefficient (Wildman–Crippen LogP) is 3.91. The first-order chi connectivity index (χ1) is 10.2. The Morgan fingerprint density at radius 1 is 1.19 bits per heavy atom. The third-order valence-corrected chi connectivity index (χ3v) is 4.57. The lowest BCUT2D eigenvalue weighted by Gasteiger charge is -2.04. The van der Waals surface area contributed by atoms with Crippen LogP contribution in [0.4, 0.5) is 0 Å². The van der Waals surface area contributed by atoms with Crippen LogP contribution in [0.5, 0.6) is 0 Å². The topological polar surface area (TPSA) is 54.6 Å². The van der Waals surface area contributed by atoms with Crippen LogP contribution in [0.15, 0.2) is 54.9 Å². The lowest BCUT2D eigenvalue weighted by atomic mass is 10.0. The maximum Gasteiger partial charge on any atom is 0.345 e. The number of carboxylic acid groups (broad SMARTS) is 1. The summed E-state index contributed by atoms with van der Waals surface area (Å²) in [7, 11) is 0. The largest absolute Gasteiger partial charge is 0.477 e. The monoisotopic (exact) mass is 294 g/mol. The fourth-order valence-corrected chi connectivity index (χ4v) is 3.43. The SMILES string of the molecule is O=C(O)c1cc2c(-c3ccn4nccc4c3)cccc2s1. The Morgan fingerprint density at radius 2 is 2.10 bits per heavy atom. The summed E-state index contributed by atoms with van der Waals surface area (Å²) >= 11 is 1.30. The highest BCUT2D eigenvalue weighted by Gasteiger charge is 2.12. The van der Waals surface area contributed by atoms with Gasteiger partial charge in [-0.3, -0.25) is 0 Å². The fraction of sp³-hybridized carbons (Fsp3) is 0. The van der Waals surface area contributed by atoms with Gasteiger partial charge in [0.15, 0.2) is 0 Å². The zero-order chi connectivity index (χ0) is 14.4. The number of rotatable bonds is 2. The zero-order valence-corrected chi connectivity index (χ0v) is 11.7. The molecule has 4 nitrogen and oxygen atoms in total. The molecule has 0 unspecified atom stereocenters. The van der Waals surface area contributed by atoms with E-state index in [2.05, 4.69) is 11.2 Å². The van der Waals surface area contributed by atoms with Gasteiger partial charge in [0.1, 0.15) is 4.88 Å². The van der Waals surface area contributed by atoms with Crippen molar-refractivity contribution in [2.45, 2.75) is 0 Å². The molecule has 0 fully saturated rings. The molecule has 4 aromatic rings. The smallest absolute Gasteiger partial charge is 0.345 e. The molecule has 1 aromatic carbocycles. The van der Waals surface area contributed by atoms with Gasteiger partial charge in [-0.25, -0.2) is 9.31 Å². The molecule has 0 atom stereocenters. The number of aromatic carboxylic acids is 1. The molecule has 0 radical (unpaired) electrons. The number of carboxylic acids is 1. The van der Waals surface area contributed by atoms with Gasteiger partial charge in [-0.2, -0.15) is 5.10 Å². The highest BCUT2D eigenvalue weighted by molar-refractivity contribution is 7.20. The molecule has 0 bridgehead atoms. The van der Waals surface area contributed by atoms with Gasteiger partial charge < -0.3 is 5.11 Å². The second-order valence-corrected chi connectivity index (χ2v) is 5.83. The average Bonchev–Trinajstić information content (AvgIpc) is 3.12. The van der Waals surface area contributed by atoms with E-state index < -0.39 is 5.97 Å². The molecule has 102 valence electrons. The van der Waals surface area contributed by atoms with Crippen molar-refractivity contribution in [3.63, 3.8) is 0 Å². The van der Waals surface area contributed by atoms with Gasteiger partial charge in [0.2, 0.25) is 0 Å². The normalized spacial score (nSPS) is 11.2. The van der Waals surface area contributed by atoms with Crippen LogP contribution in [0, 0.1) is 0 Å². The van der Waals surface area contributed by atoms with Crippen molar-refractivity contribution >= 4 is 32.9 Å². The van der Waals surface area contributed by atoms with Crippen molar-refractivity contribution < 1.29 is 9.90 Å². The van der Waals surface area contributed by atoms with Gasteiger partial charge in [-0.05, 0) is 41.5 Å². The molecule has 0 amide bonds. The van der Waals surface area contributed by atoms with Crippen LogP contribution in [0.3, 0.4) is 0 Å². The summed E-state index contributed by atoms with van der Waals surface area (Å²) in [5.74, 6) is -0.881. The molecule has 21 heavy (non-hydrogen) atoms. The third-order valence-electron chi connectivity index (χ3n) is 3.48. The summed E-state index contributed by atoms with van der Waals surface area (Å²) in [6.07, 6.45) is 3.67. The summed E-state index contributed by atoms with van der Waals surface area (Å²) < 4.78 is 2.79. The first-order valence-electron chi connectivity index (χ1n) is 6.42. The highest BCUT2D eigenvalue weighted by atomic mass is 32.1. The molecular formula is C16H10N2O2S. The van der Waals surface area contributed by atoms with Crippen molar-refractivity contribution in [1.29, 1.82) is 0 Å². The number of aromatic nitrogens is 2. The van der Waals surface area contributed by atoms with Crippen LogP contribution in [0.25, 0.3) is 26.7 Å². The number of carbonyl (C=O) groups is 1. The quantitative estimate of drug-likeness (QED) is 0.609. The molecule has 1 N–H and O–H groups in total. The van der Waals surface area contributed by atoms with E-state index in [9.17, 15) is 4.79 Å². The highest BCUT2D eigenvalue weighted by Crippen LogP contribution is 2.34. The van der Waals surface area contributed by atoms with E-state index in [-0.39, 0.29) is 0 Å². The summed E-state index contributed by atoms with van der Waals surface area (Å²) in [5, 5.41) is 14.3. The maximum atomic E-state index is 11.2. The maximum absolute atomic E-state index is 11.2. The van der Waals surface area contributed by atoms with Gasteiger partial charge in [0.05, 0.1) is 5.52 Å². The molecule has 0 spiro atoms. The summed E-state index contributed by atoms with van der Waals surface area (Å²) in [5.41, 5.74) is 3.11. The number of thiophene rings is 1. The number of hydrogen-bond acceptors (Lipinski definition) is 3.